The zero-order valence-electron chi connectivity index (χ0n) is 11.7. The molecule has 112 valence electrons. The highest BCUT2D eigenvalue weighted by molar-refractivity contribution is 9.11. The summed E-state index contributed by atoms with van der Waals surface area (Å²) in [5, 5.41) is 10.8. The number of nitrogens with zero attached hydrogens (tertiary/aromatic N) is 2. The minimum absolute atomic E-state index is 0.300. The van der Waals surface area contributed by atoms with E-state index in [1.165, 1.54) is 11.3 Å². The summed E-state index contributed by atoms with van der Waals surface area (Å²) in [7, 11) is 0. The van der Waals surface area contributed by atoms with Gasteiger partial charge in [0.25, 0.3) is 0 Å². The lowest BCUT2D eigenvalue weighted by Gasteiger charge is -2.09. The molecule has 0 spiro atoms. The Labute approximate surface area is 140 Å². The monoisotopic (exact) mass is 376 g/mol. The molecule has 0 saturated carbocycles. The maximum absolute atomic E-state index is 12.1. The van der Waals surface area contributed by atoms with Gasteiger partial charge in [-0.2, -0.15) is 5.10 Å². The number of aromatic nitrogens is 2. The molecule has 0 atom stereocenters. The van der Waals surface area contributed by atoms with Crippen molar-refractivity contribution in [2.45, 2.75) is 6.92 Å². The van der Waals surface area contributed by atoms with Crippen molar-refractivity contribution < 1.29 is 4.79 Å². The van der Waals surface area contributed by atoms with E-state index in [0.29, 0.717) is 5.82 Å². The zero-order valence-corrected chi connectivity index (χ0v) is 14.1. The van der Waals surface area contributed by atoms with E-state index in [4.69, 9.17) is 0 Å². The van der Waals surface area contributed by atoms with Crippen LogP contribution in [0.2, 0.25) is 0 Å². The van der Waals surface area contributed by atoms with Gasteiger partial charge in [-0.15, -0.1) is 11.3 Å². The van der Waals surface area contributed by atoms with E-state index in [9.17, 15) is 4.79 Å². The molecule has 0 saturated heterocycles. The summed E-state index contributed by atoms with van der Waals surface area (Å²) < 4.78 is 2.67. The molecule has 0 radical (unpaired) electrons. The number of benzene rings is 1. The summed E-state index contributed by atoms with van der Waals surface area (Å²) in [4.78, 5) is 12.1. The maximum Gasteiger partial charge on any atom is 0.325 e. The molecule has 1 aromatic carbocycles. The van der Waals surface area contributed by atoms with E-state index in [1.807, 2.05) is 55.5 Å². The predicted molar refractivity (Wildman–Crippen MR) is 93.0 cm³/mol. The first-order chi connectivity index (χ1) is 10.6. The fourth-order valence-corrected chi connectivity index (χ4v) is 3.28. The second-order valence-corrected chi connectivity index (χ2v) is 7.06. The van der Waals surface area contributed by atoms with Gasteiger partial charge in [-0.05, 0) is 47.1 Å². The third-order valence-corrected chi connectivity index (χ3v) is 4.42. The fourth-order valence-electron chi connectivity index (χ4n) is 2.00. The lowest BCUT2D eigenvalue weighted by Crippen LogP contribution is -2.20. The maximum atomic E-state index is 12.1. The van der Waals surface area contributed by atoms with Crippen molar-refractivity contribution >= 4 is 44.1 Å². The minimum Gasteiger partial charge on any atom is -0.299 e. The second-order valence-electron chi connectivity index (χ2n) is 4.60. The molecule has 2 N–H and O–H groups in total. The number of para-hydroxylation sites is 1. The smallest absolute Gasteiger partial charge is 0.299 e. The van der Waals surface area contributed by atoms with Crippen LogP contribution in [-0.2, 0) is 0 Å². The van der Waals surface area contributed by atoms with E-state index in [2.05, 4.69) is 31.7 Å². The standard InChI is InChI=1S/C15H13BrN4OS/c1-10-9-13(20(19-10)11-5-3-2-4-6-11)17-15(21)18-14-8-7-12(16)22-14/h2-9H,1H3,(H2,17,18,21). The molecule has 5 nitrogen and oxygen atoms in total. The van der Waals surface area contributed by atoms with Crippen LogP contribution in [-0.4, -0.2) is 15.8 Å². The molecule has 7 heteroatoms. The van der Waals surface area contributed by atoms with Crippen molar-refractivity contribution in [3.8, 4) is 5.69 Å². The molecule has 0 aliphatic rings. The first kappa shape index (κ1) is 14.8. The van der Waals surface area contributed by atoms with Crippen molar-refractivity contribution in [1.29, 1.82) is 0 Å². The number of carbonyl (C=O) groups is 1. The summed E-state index contributed by atoms with van der Waals surface area (Å²) in [5.74, 6) is 0.622. The Bertz CT molecular complexity index is 797. The highest BCUT2D eigenvalue weighted by Crippen LogP contribution is 2.26. The average Bonchev–Trinajstić information content (AvgIpc) is 3.06. The third-order valence-electron chi connectivity index (χ3n) is 2.88. The highest BCUT2D eigenvalue weighted by atomic mass is 79.9. The molecule has 2 heterocycles. The fraction of sp³-hybridized carbons (Fsp3) is 0.0667. The van der Waals surface area contributed by atoms with Crippen LogP contribution in [0.25, 0.3) is 5.69 Å². The Balaban J connectivity index is 1.79. The molecule has 0 unspecified atom stereocenters. The summed E-state index contributed by atoms with van der Waals surface area (Å²) in [5.41, 5.74) is 1.72. The number of thiophene rings is 1. The van der Waals surface area contributed by atoms with Crippen molar-refractivity contribution in [3.63, 3.8) is 0 Å². The number of nitrogens with one attached hydrogen (secondary N) is 2. The van der Waals surface area contributed by atoms with Crippen LogP contribution in [0.4, 0.5) is 15.6 Å². The van der Waals surface area contributed by atoms with Gasteiger partial charge in [-0.1, -0.05) is 18.2 Å². The van der Waals surface area contributed by atoms with Crippen LogP contribution in [0.15, 0.2) is 52.3 Å². The molecule has 2 amide bonds. The SMILES string of the molecule is Cc1cc(NC(=O)Nc2ccc(Br)s2)n(-c2ccccc2)n1. The van der Waals surface area contributed by atoms with Crippen LogP contribution in [0.3, 0.4) is 0 Å². The molecule has 2 aromatic heterocycles. The van der Waals surface area contributed by atoms with Gasteiger partial charge in [-0.25, -0.2) is 9.48 Å². The number of halogens is 1. The molecule has 0 aliphatic carbocycles. The number of hydrogen-bond acceptors (Lipinski definition) is 3. The van der Waals surface area contributed by atoms with Gasteiger partial charge in [0.2, 0.25) is 0 Å². The van der Waals surface area contributed by atoms with Crippen molar-refractivity contribution in [3.05, 3.63) is 58.0 Å². The molecular weight excluding hydrogens is 364 g/mol. The summed E-state index contributed by atoms with van der Waals surface area (Å²) in [6.45, 7) is 1.89. The van der Waals surface area contributed by atoms with Crippen molar-refractivity contribution in [2.75, 3.05) is 10.6 Å². The lowest BCUT2D eigenvalue weighted by molar-refractivity contribution is 0.262. The van der Waals surface area contributed by atoms with Crippen LogP contribution in [0.5, 0.6) is 0 Å². The average molecular weight is 377 g/mol. The van der Waals surface area contributed by atoms with Gasteiger partial charge in [-0.3, -0.25) is 10.6 Å². The number of amides is 2. The van der Waals surface area contributed by atoms with Crippen LogP contribution in [0, 0.1) is 6.92 Å². The van der Waals surface area contributed by atoms with E-state index >= 15 is 0 Å². The minimum atomic E-state index is -0.300. The van der Waals surface area contributed by atoms with Crippen molar-refractivity contribution in [1.82, 2.24) is 9.78 Å². The lowest BCUT2D eigenvalue weighted by atomic mass is 10.3. The number of carbonyl (C=O) groups excluding carboxylic acids is 1. The first-order valence-electron chi connectivity index (χ1n) is 6.57. The van der Waals surface area contributed by atoms with E-state index in [1.54, 1.807) is 4.68 Å². The normalized spacial score (nSPS) is 10.5. The summed E-state index contributed by atoms with van der Waals surface area (Å²) >= 11 is 4.82. The van der Waals surface area contributed by atoms with Crippen molar-refractivity contribution in [2.24, 2.45) is 0 Å². The van der Waals surface area contributed by atoms with Gasteiger partial charge >= 0.3 is 6.03 Å². The molecule has 3 rings (SSSR count). The molecule has 0 bridgehead atoms. The Morgan fingerprint density at radius 3 is 2.64 bits per heavy atom. The van der Waals surface area contributed by atoms with Crippen LogP contribution < -0.4 is 10.6 Å². The van der Waals surface area contributed by atoms with Gasteiger partial charge in [0.15, 0.2) is 0 Å². The van der Waals surface area contributed by atoms with Gasteiger partial charge in [0.05, 0.1) is 20.2 Å². The molecule has 3 aromatic rings. The summed E-state index contributed by atoms with van der Waals surface area (Å²) in [6.07, 6.45) is 0. The molecule has 0 fully saturated rings. The van der Waals surface area contributed by atoms with Crippen LogP contribution in [0.1, 0.15) is 5.69 Å². The number of anilines is 2. The largest absolute Gasteiger partial charge is 0.325 e. The number of urea groups is 1. The molecule has 0 aliphatic heterocycles. The van der Waals surface area contributed by atoms with E-state index < -0.39 is 0 Å². The second kappa shape index (κ2) is 6.33. The quantitative estimate of drug-likeness (QED) is 0.698. The Kier molecular flexibility index (Phi) is 4.26. The predicted octanol–water partition coefficient (Wildman–Crippen LogP) is 4.65. The number of hydrogen-bond donors (Lipinski definition) is 2. The highest BCUT2D eigenvalue weighted by Gasteiger charge is 2.11. The molecular formula is C15H13BrN4OS. The topological polar surface area (TPSA) is 59.0 Å². The van der Waals surface area contributed by atoms with E-state index in [0.717, 1.165) is 20.2 Å². The van der Waals surface area contributed by atoms with Crippen LogP contribution >= 0.6 is 27.3 Å². The molecule has 22 heavy (non-hydrogen) atoms. The van der Waals surface area contributed by atoms with Gasteiger partial charge < -0.3 is 0 Å². The number of aryl methyl sites for hydroxylation is 1. The zero-order chi connectivity index (χ0) is 15.5. The Hall–Kier alpha value is -2.12. The third kappa shape index (κ3) is 3.37. The Morgan fingerprint density at radius 2 is 1.95 bits per heavy atom. The van der Waals surface area contributed by atoms with Gasteiger partial charge in [0, 0.05) is 6.07 Å². The Morgan fingerprint density at radius 1 is 1.18 bits per heavy atom. The van der Waals surface area contributed by atoms with E-state index in [-0.39, 0.29) is 6.03 Å². The number of rotatable bonds is 3. The summed E-state index contributed by atoms with van der Waals surface area (Å²) in [6, 6.07) is 14.9. The van der Waals surface area contributed by atoms with Gasteiger partial charge in [0.1, 0.15) is 5.82 Å². The first-order valence-corrected chi connectivity index (χ1v) is 8.18.